The number of methoxy groups -OCH3 is 1. The Morgan fingerprint density at radius 2 is 1.69 bits per heavy atom. The van der Waals surface area contributed by atoms with Gasteiger partial charge in [-0.05, 0) is 30.5 Å². The molecule has 0 aliphatic rings. The van der Waals surface area contributed by atoms with Crippen LogP contribution in [0.25, 0.3) is 11.2 Å². The lowest BCUT2D eigenvalue weighted by molar-refractivity contribution is 0.102. The number of carbonyl (C=O) groups is 1. The van der Waals surface area contributed by atoms with Crippen molar-refractivity contribution in [2.45, 2.75) is 39.0 Å². The standard InChI is InChI=1S/C30H32N6O3/c1-4-25-24(28(37)32-23-19-31-35(20-23)16-17-39-3)18-26-27(33-25)34-29(36(26)5-2)30(38,21-12-8-6-9-13-21)22-14-10-7-11-15-22/h6-15,18-20,38H,4-5,16-17H2,1-3H3,(H,32,37). The van der Waals surface area contributed by atoms with Gasteiger partial charge in [0, 0.05) is 19.9 Å². The van der Waals surface area contributed by atoms with Crippen molar-refractivity contribution in [2.75, 3.05) is 19.0 Å². The van der Waals surface area contributed by atoms with Crippen LogP contribution in [0.2, 0.25) is 0 Å². The van der Waals surface area contributed by atoms with E-state index in [1.807, 2.05) is 85.1 Å². The van der Waals surface area contributed by atoms with Gasteiger partial charge in [-0.15, -0.1) is 0 Å². The van der Waals surface area contributed by atoms with Crippen LogP contribution in [0.1, 0.15) is 46.9 Å². The van der Waals surface area contributed by atoms with Gasteiger partial charge in [0.05, 0.1) is 41.8 Å². The number of ether oxygens (including phenoxy) is 1. The average molecular weight is 525 g/mol. The summed E-state index contributed by atoms with van der Waals surface area (Å²) < 4.78 is 8.75. The van der Waals surface area contributed by atoms with Crippen molar-refractivity contribution in [1.29, 1.82) is 0 Å². The van der Waals surface area contributed by atoms with Crippen molar-refractivity contribution in [2.24, 2.45) is 0 Å². The molecule has 1 amide bonds. The molecule has 3 aromatic heterocycles. The van der Waals surface area contributed by atoms with Gasteiger partial charge in [0.15, 0.2) is 17.1 Å². The van der Waals surface area contributed by atoms with Crippen LogP contribution in [-0.4, -0.2) is 49.0 Å². The quantitative estimate of drug-likeness (QED) is 0.281. The molecule has 0 saturated carbocycles. The molecule has 2 aromatic carbocycles. The maximum Gasteiger partial charge on any atom is 0.257 e. The summed E-state index contributed by atoms with van der Waals surface area (Å²) >= 11 is 0. The van der Waals surface area contributed by atoms with E-state index in [2.05, 4.69) is 10.4 Å². The summed E-state index contributed by atoms with van der Waals surface area (Å²) in [6.45, 7) is 5.58. The normalized spacial score (nSPS) is 11.7. The molecule has 0 fully saturated rings. The van der Waals surface area contributed by atoms with E-state index in [9.17, 15) is 9.90 Å². The van der Waals surface area contributed by atoms with E-state index in [1.165, 1.54) is 0 Å². The van der Waals surface area contributed by atoms with Crippen LogP contribution in [0.5, 0.6) is 0 Å². The monoisotopic (exact) mass is 524 g/mol. The lowest BCUT2D eigenvalue weighted by atomic mass is 9.85. The molecule has 0 bridgehead atoms. The Morgan fingerprint density at radius 1 is 1.03 bits per heavy atom. The predicted octanol–water partition coefficient (Wildman–Crippen LogP) is 4.39. The van der Waals surface area contributed by atoms with E-state index >= 15 is 0 Å². The number of aliphatic hydroxyl groups is 1. The molecule has 9 heteroatoms. The van der Waals surface area contributed by atoms with Gasteiger partial charge in [0.2, 0.25) is 0 Å². The summed E-state index contributed by atoms with van der Waals surface area (Å²) in [6.07, 6.45) is 3.92. The highest BCUT2D eigenvalue weighted by atomic mass is 16.5. The first-order valence-corrected chi connectivity index (χ1v) is 13.1. The second kappa shape index (κ2) is 11.2. The number of rotatable bonds is 10. The van der Waals surface area contributed by atoms with Gasteiger partial charge in [-0.3, -0.25) is 9.48 Å². The van der Waals surface area contributed by atoms with Crippen LogP contribution in [0.15, 0.2) is 79.1 Å². The molecule has 0 aliphatic heterocycles. The Bertz CT molecular complexity index is 1540. The number of hydrogen-bond acceptors (Lipinski definition) is 6. The number of nitrogens with one attached hydrogen (secondary N) is 1. The predicted molar refractivity (Wildman–Crippen MR) is 150 cm³/mol. The molecule has 0 radical (unpaired) electrons. The molecular weight excluding hydrogens is 492 g/mol. The van der Waals surface area contributed by atoms with Crippen molar-refractivity contribution in [3.05, 3.63) is 107 Å². The Kier molecular flexibility index (Phi) is 7.53. The average Bonchev–Trinajstić information content (AvgIpc) is 3.59. The fourth-order valence-corrected chi connectivity index (χ4v) is 4.87. The zero-order valence-electron chi connectivity index (χ0n) is 22.3. The third-order valence-electron chi connectivity index (χ3n) is 6.84. The molecule has 0 aliphatic carbocycles. The molecule has 3 heterocycles. The molecule has 0 saturated heterocycles. The van der Waals surface area contributed by atoms with E-state index in [0.717, 1.165) is 0 Å². The minimum absolute atomic E-state index is 0.278. The van der Waals surface area contributed by atoms with Crippen LogP contribution < -0.4 is 5.32 Å². The van der Waals surface area contributed by atoms with Gasteiger partial charge in [-0.2, -0.15) is 5.10 Å². The van der Waals surface area contributed by atoms with Crippen molar-refractivity contribution >= 4 is 22.8 Å². The van der Waals surface area contributed by atoms with Crippen molar-refractivity contribution < 1.29 is 14.6 Å². The molecule has 39 heavy (non-hydrogen) atoms. The summed E-state index contributed by atoms with van der Waals surface area (Å²) in [5, 5.41) is 19.6. The fraction of sp³-hybridized carbons (Fsp3) is 0.267. The molecule has 200 valence electrons. The largest absolute Gasteiger partial charge is 0.383 e. The number of aromatic nitrogens is 5. The van der Waals surface area contributed by atoms with Gasteiger partial charge in [0.25, 0.3) is 5.91 Å². The molecule has 5 aromatic rings. The zero-order valence-corrected chi connectivity index (χ0v) is 22.3. The number of imidazole rings is 1. The number of anilines is 1. The van der Waals surface area contributed by atoms with E-state index in [4.69, 9.17) is 14.7 Å². The number of benzene rings is 2. The number of carbonyl (C=O) groups excluding carboxylic acids is 1. The molecule has 9 nitrogen and oxygen atoms in total. The number of aryl methyl sites for hydroxylation is 2. The number of fused-ring (bicyclic) bond motifs is 1. The second-order valence-electron chi connectivity index (χ2n) is 9.24. The van der Waals surface area contributed by atoms with Crippen LogP contribution in [-0.2, 0) is 29.8 Å². The van der Waals surface area contributed by atoms with E-state index < -0.39 is 5.60 Å². The lowest BCUT2D eigenvalue weighted by Gasteiger charge is -2.29. The molecule has 2 N–H and O–H groups in total. The molecule has 5 rings (SSSR count). The number of hydrogen-bond donors (Lipinski definition) is 2. The molecule has 0 atom stereocenters. The van der Waals surface area contributed by atoms with Crippen LogP contribution >= 0.6 is 0 Å². The summed E-state index contributed by atoms with van der Waals surface area (Å²) in [5.74, 6) is 0.170. The van der Waals surface area contributed by atoms with Gasteiger partial charge in [0.1, 0.15) is 0 Å². The lowest BCUT2D eigenvalue weighted by Crippen LogP contribution is -2.32. The van der Waals surface area contributed by atoms with E-state index in [1.54, 1.807) is 24.2 Å². The van der Waals surface area contributed by atoms with E-state index in [0.29, 0.717) is 71.2 Å². The second-order valence-corrected chi connectivity index (χ2v) is 9.24. The van der Waals surface area contributed by atoms with Crippen LogP contribution in [0.4, 0.5) is 5.69 Å². The highest BCUT2D eigenvalue weighted by Gasteiger charge is 2.39. The third-order valence-corrected chi connectivity index (χ3v) is 6.84. The van der Waals surface area contributed by atoms with Gasteiger partial charge < -0.3 is 19.7 Å². The summed E-state index contributed by atoms with van der Waals surface area (Å²) in [6, 6.07) is 20.8. The maximum atomic E-state index is 13.4. The third kappa shape index (κ3) is 4.94. The SMILES string of the molecule is CCc1nc2nc(C(O)(c3ccccc3)c3ccccc3)n(CC)c2cc1C(=O)Nc1cnn(CCOC)c1. The topological polar surface area (TPSA) is 107 Å². The van der Waals surface area contributed by atoms with Crippen molar-refractivity contribution in [1.82, 2.24) is 24.3 Å². The smallest absolute Gasteiger partial charge is 0.257 e. The summed E-state index contributed by atoms with van der Waals surface area (Å²) in [4.78, 5) is 23.1. The number of pyridine rings is 1. The summed E-state index contributed by atoms with van der Waals surface area (Å²) in [5.41, 5.74) is 2.70. The van der Waals surface area contributed by atoms with E-state index in [-0.39, 0.29) is 5.91 Å². The highest BCUT2D eigenvalue weighted by Crippen LogP contribution is 2.37. The molecular formula is C30H32N6O3. The first kappa shape index (κ1) is 26.3. The Hall–Kier alpha value is -4.34. The first-order chi connectivity index (χ1) is 19.0. The van der Waals surface area contributed by atoms with Gasteiger partial charge in [-0.1, -0.05) is 67.6 Å². The maximum absolute atomic E-state index is 13.4. The minimum atomic E-state index is -1.52. The Morgan fingerprint density at radius 3 is 2.28 bits per heavy atom. The minimum Gasteiger partial charge on any atom is -0.383 e. The Labute approximate surface area is 227 Å². The van der Waals surface area contributed by atoms with Gasteiger partial charge >= 0.3 is 0 Å². The van der Waals surface area contributed by atoms with Gasteiger partial charge in [-0.25, -0.2) is 9.97 Å². The summed E-state index contributed by atoms with van der Waals surface area (Å²) in [7, 11) is 1.63. The molecule has 0 spiro atoms. The first-order valence-electron chi connectivity index (χ1n) is 13.1. The van der Waals surface area contributed by atoms with Crippen molar-refractivity contribution in [3.63, 3.8) is 0 Å². The van der Waals surface area contributed by atoms with Crippen LogP contribution in [0.3, 0.4) is 0 Å². The highest BCUT2D eigenvalue weighted by molar-refractivity contribution is 6.06. The Balaban J connectivity index is 1.61. The number of amides is 1. The van der Waals surface area contributed by atoms with Crippen LogP contribution in [0, 0.1) is 0 Å². The number of nitrogens with zero attached hydrogens (tertiary/aromatic N) is 5. The van der Waals surface area contributed by atoms with Crippen molar-refractivity contribution in [3.8, 4) is 0 Å². The molecule has 0 unspecified atom stereocenters. The fourth-order valence-electron chi connectivity index (χ4n) is 4.87. The zero-order chi connectivity index (χ0) is 27.4.